The van der Waals surface area contributed by atoms with Gasteiger partial charge in [0.2, 0.25) is 11.5 Å². The second-order valence-corrected chi connectivity index (χ2v) is 3.67. The summed E-state index contributed by atoms with van der Waals surface area (Å²) in [4.78, 5) is 13.5. The van der Waals surface area contributed by atoms with Crippen LogP contribution in [0.5, 0.6) is 0 Å². The molecule has 0 radical (unpaired) electrons. The Labute approximate surface area is 93.2 Å². The number of hydrogen-bond donors (Lipinski definition) is 2. The first-order valence-electron chi connectivity index (χ1n) is 5.07. The summed E-state index contributed by atoms with van der Waals surface area (Å²) in [6.45, 7) is 4.22. The second kappa shape index (κ2) is 5.45. The highest BCUT2D eigenvalue weighted by molar-refractivity contribution is 5.96. The third-order valence-electron chi connectivity index (χ3n) is 2.16. The van der Waals surface area contributed by atoms with Crippen LogP contribution in [0, 0.1) is 0 Å². The first-order valence-corrected chi connectivity index (χ1v) is 5.07. The van der Waals surface area contributed by atoms with Crippen molar-refractivity contribution < 1.29 is 14.5 Å². The van der Waals surface area contributed by atoms with E-state index in [1.807, 2.05) is 13.8 Å². The van der Waals surface area contributed by atoms with Crippen molar-refractivity contribution in [2.75, 3.05) is 18.9 Å². The van der Waals surface area contributed by atoms with E-state index in [1.54, 1.807) is 4.90 Å². The average molecular weight is 228 g/mol. The van der Waals surface area contributed by atoms with Gasteiger partial charge in [0.15, 0.2) is 0 Å². The van der Waals surface area contributed by atoms with Gasteiger partial charge in [-0.05, 0) is 30.6 Å². The Hall–Kier alpha value is -1.63. The smallest absolute Gasteiger partial charge is 0.280 e. The number of rotatable bonds is 5. The van der Waals surface area contributed by atoms with Gasteiger partial charge in [0.1, 0.15) is 0 Å². The van der Waals surface area contributed by atoms with Gasteiger partial charge in [0, 0.05) is 19.2 Å². The zero-order valence-electron chi connectivity index (χ0n) is 9.38. The molecular weight excluding hydrogens is 212 g/mol. The lowest BCUT2D eigenvalue weighted by molar-refractivity contribution is 0.0682. The SMILES string of the molecule is CC(C)N(CCCO)C(=O)c1nonc1N. The molecule has 7 heteroatoms. The minimum atomic E-state index is -0.331. The Morgan fingerprint density at radius 2 is 2.25 bits per heavy atom. The molecule has 0 aromatic carbocycles. The Balaban J connectivity index is 2.79. The summed E-state index contributed by atoms with van der Waals surface area (Å²) in [6.07, 6.45) is 0.509. The Kier molecular flexibility index (Phi) is 4.24. The van der Waals surface area contributed by atoms with E-state index in [0.29, 0.717) is 13.0 Å². The van der Waals surface area contributed by atoms with Crippen LogP contribution in [0.2, 0.25) is 0 Å². The number of nitrogen functional groups attached to an aromatic ring is 1. The van der Waals surface area contributed by atoms with Crippen molar-refractivity contribution >= 4 is 11.7 Å². The van der Waals surface area contributed by atoms with Crippen molar-refractivity contribution in [1.82, 2.24) is 15.2 Å². The molecule has 0 atom stereocenters. The van der Waals surface area contributed by atoms with Crippen LogP contribution in [0.25, 0.3) is 0 Å². The van der Waals surface area contributed by atoms with E-state index in [9.17, 15) is 4.79 Å². The number of aliphatic hydroxyl groups excluding tert-OH is 1. The number of aliphatic hydroxyl groups is 1. The number of nitrogens with two attached hydrogens (primary N) is 1. The topological polar surface area (TPSA) is 105 Å². The molecule has 1 amide bonds. The molecule has 0 saturated carbocycles. The summed E-state index contributed by atoms with van der Waals surface area (Å²) in [5.41, 5.74) is 5.46. The molecule has 0 aliphatic carbocycles. The summed E-state index contributed by atoms with van der Waals surface area (Å²) in [7, 11) is 0. The lowest BCUT2D eigenvalue weighted by Gasteiger charge is -2.25. The van der Waals surface area contributed by atoms with Gasteiger partial charge in [-0.2, -0.15) is 0 Å². The molecule has 1 heterocycles. The van der Waals surface area contributed by atoms with Crippen LogP contribution in [0.4, 0.5) is 5.82 Å². The first kappa shape index (κ1) is 12.4. The highest BCUT2D eigenvalue weighted by atomic mass is 16.6. The molecule has 16 heavy (non-hydrogen) atoms. The lowest BCUT2D eigenvalue weighted by atomic mass is 10.2. The number of nitrogens with zero attached hydrogens (tertiary/aromatic N) is 3. The van der Waals surface area contributed by atoms with Gasteiger partial charge >= 0.3 is 0 Å². The molecule has 1 aromatic rings. The predicted octanol–water partition coefficient (Wildman–Crippen LogP) is -0.115. The zero-order valence-corrected chi connectivity index (χ0v) is 9.38. The second-order valence-electron chi connectivity index (χ2n) is 3.67. The molecule has 0 saturated heterocycles. The number of anilines is 1. The van der Waals surface area contributed by atoms with E-state index in [4.69, 9.17) is 10.8 Å². The van der Waals surface area contributed by atoms with E-state index in [0.717, 1.165) is 0 Å². The standard InChI is InChI=1S/C9H16N4O3/c1-6(2)13(4-3-5-14)9(15)7-8(10)12-16-11-7/h6,14H,3-5H2,1-2H3,(H2,10,12). The molecule has 3 N–H and O–H groups in total. The number of aromatic nitrogens is 2. The van der Waals surface area contributed by atoms with E-state index >= 15 is 0 Å². The molecule has 0 spiro atoms. The summed E-state index contributed by atoms with van der Waals surface area (Å²) in [5, 5.41) is 15.6. The van der Waals surface area contributed by atoms with Gasteiger partial charge in [0.25, 0.3) is 5.91 Å². The zero-order chi connectivity index (χ0) is 12.1. The molecule has 0 bridgehead atoms. The van der Waals surface area contributed by atoms with Gasteiger partial charge in [0.05, 0.1) is 0 Å². The third-order valence-corrected chi connectivity index (χ3v) is 2.16. The number of carbonyl (C=O) groups excluding carboxylic acids is 1. The summed E-state index contributed by atoms with van der Waals surface area (Å²) in [6, 6.07) is -0.00449. The van der Waals surface area contributed by atoms with Crippen LogP contribution in [0.3, 0.4) is 0 Å². The fourth-order valence-electron chi connectivity index (χ4n) is 1.32. The van der Waals surface area contributed by atoms with Crippen LogP contribution in [0.1, 0.15) is 30.8 Å². The number of amides is 1. The molecule has 0 fully saturated rings. The molecule has 0 unspecified atom stereocenters. The summed E-state index contributed by atoms with van der Waals surface area (Å²) < 4.78 is 4.38. The average Bonchev–Trinajstić information content (AvgIpc) is 2.64. The maximum absolute atomic E-state index is 12.0. The molecule has 0 aliphatic heterocycles. The molecule has 1 aromatic heterocycles. The van der Waals surface area contributed by atoms with E-state index in [2.05, 4.69) is 14.9 Å². The van der Waals surface area contributed by atoms with Crippen molar-refractivity contribution in [3.63, 3.8) is 0 Å². The van der Waals surface area contributed by atoms with E-state index in [1.165, 1.54) is 0 Å². The number of carbonyl (C=O) groups is 1. The van der Waals surface area contributed by atoms with E-state index < -0.39 is 0 Å². The largest absolute Gasteiger partial charge is 0.396 e. The normalized spacial score (nSPS) is 10.8. The van der Waals surface area contributed by atoms with Crippen molar-refractivity contribution in [2.45, 2.75) is 26.3 Å². The molecule has 1 rings (SSSR count). The fourth-order valence-corrected chi connectivity index (χ4v) is 1.32. The number of hydrogen-bond acceptors (Lipinski definition) is 6. The minimum Gasteiger partial charge on any atom is -0.396 e. The first-order chi connectivity index (χ1) is 7.57. The highest BCUT2D eigenvalue weighted by Gasteiger charge is 2.24. The molecule has 7 nitrogen and oxygen atoms in total. The van der Waals surface area contributed by atoms with Crippen molar-refractivity contribution in [1.29, 1.82) is 0 Å². The maximum Gasteiger partial charge on any atom is 0.280 e. The Morgan fingerprint density at radius 3 is 2.69 bits per heavy atom. The fraction of sp³-hybridized carbons (Fsp3) is 0.667. The van der Waals surface area contributed by atoms with Crippen molar-refractivity contribution in [2.24, 2.45) is 0 Å². The van der Waals surface area contributed by atoms with Crippen LogP contribution >= 0.6 is 0 Å². The summed E-state index contributed by atoms with van der Waals surface area (Å²) in [5.74, 6) is -0.346. The Bertz CT molecular complexity index is 350. The quantitative estimate of drug-likeness (QED) is 0.728. The lowest BCUT2D eigenvalue weighted by Crippen LogP contribution is -2.38. The van der Waals surface area contributed by atoms with Crippen LogP contribution < -0.4 is 5.73 Å². The maximum atomic E-state index is 12.0. The monoisotopic (exact) mass is 228 g/mol. The van der Waals surface area contributed by atoms with Crippen LogP contribution in [-0.4, -0.2) is 45.4 Å². The highest BCUT2D eigenvalue weighted by Crippen LogP contribution is 2.11. The van der Waals surface area contributed by atoms with Gasteiger partial charge in [-0.3, -0.25) is 4.79 Å². The van der Waals surface area contributed by atoms with Gasteiger partial charge in [-0.15, -0.1) is 0 Å². The van der Waals surface area contributed by atoms with Gasteiger partial charge < -0.3 is 15.7 Å². The predicted molar refractivity (Wildman–Crippen MR) is 56.6 cm³/mol. The molecule has 0 aliphatic rings. The van der Waals surface area contributed by atoms with Crippen LogP contribution in [0.15, 0.2) is 4.63 Å². The van der Waals surface area contributed by atoms with Crippen LogP contribution in [-0.2, 0) is 0 Å². The summed E-state index contributed by atoms with van der Waals surface area (Å²) >= 11 is 0. The molecular formula is C9H16N4O3. The third kappa shape index (κ3) is 2.69. The molecule has 90 valence electrons. The minimum absolute atomic E-state index is 0.00449. The van der Waals surface area contributed by atoms with Gasteiger partial charge in [-0.1, -0.05) is 0 Å². The van der Waals surface area contributed by atoms with E-state index in [-0.39, 0.29) is 30.1 Å². The Morgan fingerprint density at radius 1 is 1.56 bits per heavy atom. The van der Waals surface area contributed by atoms with Crippen molar-refractivity contribution in [3.8, 4) is 0 Å². The van der Waals surface area contributed by atoms with Crippen molar-refractivity contribution in [3.05, 3.63) is 5.69 Å². The van der Waals surface area contributed by atoms with Gasteiger partial charge in [-0.25, -0.2) is 4.63 Å².